The van der Waals surface area contributed by atoms with E-state index in [1.165, 1.54) is 26.1 Å². The van der Waals surface area contributed by atoms with Gasteiger partial charge in [0, 0.05) is 49.2 Å². The molecule has 1 saturated carbocycles. The highest BCUT2D eigenvalue weighted by Crippen LogP contribution is 2.47. The maximum Gasteiger partial charge on any atom is 0.414 e. The molecule has 0 atom stereocenters. The molecule has 9 nitrogen and oxygen atoms in total. The van der Waals surface area contributed by atoms with Crippen LogP contribution in [-0.4, -0.2) is 55.5 Å². The fourth-order valence-corrected chi connectivity index (χ4v) is 6.38. The first kappa shape index (κ1) is 31.6. The first-order chi connectivity index (χ1) is 19.9. The van der Waals surface area contributed by atoms with E-state index in [0.29, 0.717) is 19.0 Å². The molecule has 1 aliphatic carbocycles. The Labute approximate surface area is 250 Å². The Morgan fingerprint density at radius 2 is 1.64 bits per heavy atom. The number of hydrogen-bond donors (Lipinski definition) is 1. The minimum Gasteiger partial charge on any atom is -0.443 e. The molecule has 2 aromatic carbocycles. The second kappa shape index (κ2) is 12.5. The number of rotatable bonds is 4. The first-order valence-electron chi connectivity index (χ1n) is 14.9. The second-order valence-corrected chi connectivity index (χ2v) is 13.7. The van der Waals surface area contributed by atoms with Gasteiger partial charge in [0.2, 0.25) is 0 Å². The predicted octanol–water partition coefficient (Wildman–Crippen LogP) is 6.67. The second-order valence-electron chi connectivity index (χ2n) is 11.8. The van der Waals surface area contributed by atoms with E-state index < -0.39 is 27.8 Å². The number of anilines is 1. The van der Waals surface area contributed by atoms with E-state index in [1.54, 1.807) is 17.0 Å². The Hall–Kier alpha value is -3.37. The van der Waals surface area contributed by atoms with Gasteiger partial charge in [0.15, 0.2) is 0 Å². The third-order valence-corrected chi connectivity index (χ3v) is 9.10. The molecule has 10 heteroatoms. The zero-order valence-electron chi connectivity index (χ0n) is 25.9. The largest absolute Gasteiger partial charge is 0.443 e. The summed E-state index contributed by atoms with van der Waals surface area (Å²) in [5, 5.41) is 1.06. The number of nitrogens with zero attached hydrogens (tertiary/aromatic N) is 3. The van der Waals surface area contributed by atoms with Crippen LogP contribution in [-0.2, 0) is 21.5 Å². The van der Waals surface area contributed by atoms with Crippen LogP contribution < -0.4 is 9.62 Å². The lowest BCUT2D eigenvalue weighted by molar-refractivity contribution is 0.0579. The van der Waals surface area contributed by atoms with Gasteiger partial charge in [0.05, 0.1) is 11.4 Å². The van der Waals surface area contributed by atoms with Crippen molar-refractivity contribution >= 4 is 38.8 Å². The third kappa shape index (κ3) is 6.34. The number of hydrogen-bond acceptors (Lipinski definition) is 5. The Morgan fingerprint density at radius 1 is 0.976 bits per heavy atom. The summed E-state index contributed by atoms with van der Waals surface area (Å²) in [6, 6.07) is 13.4. The van der Waals surface area contributed by atoms with Gasteiger partial charge in [-0.2, -0.15) is 12.7 Å². The van der Waals surface area contributed by atoms with Crippen LogP contribution in [0.3, 0.4) is 0 Å². The summed E-state index contributed by atoms with van der Waals surface area (Å²) >= 11 is 0. The average molecular weight is 597 g/mol. The van der Waals surface area contributed by atoms with Gasteiger partial charge >= 0.3 is 16.3 Å². The lowest BCUT2D eigenvalue weighted by Crippen LogP contribution is -2.39. The highest BCUT2D eigenvalue weighted by Gasteiger charge is 2.33. The van der Waals surface area contributed by atoms with Crippen LogP contribution in [0.5, 0.6) is 0 Å². The number of nitrogens with one attached hydrogen (secondary N) is 1. The van der Waals surface area contributed by atoms with Crippen LogP contribution in [0, 0.1) is 0 Å². The molecular formula is C32H44N4O5S. The maximum atomic E-state index is 13.4. The van der Waals surface area contributed by atoms with Gasteiger partial charge in [-0.25, -0.2) is 9.52 Å². The van der Waals surface area contributed by atoms with Crippen molar-refractivity contribution in [1.82, 2.24) is 13.6 Å². The van der Waals surface area contributed by atoms with E-state index in [9.17, 15) is 18.0 Å². The van der Waals surface area contributed by atoms with Gasteiger partial charge in [0.25, 0.3) is 5.91 Å². The van der Waals surface area contributed by atoms with Crippen molar-refractivity contribution in [3.8, 4) is 11.3 Å². The molecule has 2 amide bonds. The molecule has 3 aromatic rings. The fraction of sp³-hybridized carbons (Fsp3) is 0.500. The molecule has 2 heterocycles. The number of benzene rings is 2. The van der Waals surface area contributed by atoms with E-state index in [-0.39, 0.29) is 5.56 Å². The summed E-state index contributed by atoms with van der Waals surface area (Å²) in [5.74, 6) is -0.336. The molecule has 1 fully saturated rings. The van der Waals surface area contributed by atoms with Crippen LogP contribution in [0.1, 0.15) is 88.6 Å². The normalized spacial score (nSPS) is 15.8. The number of carbonyl (C=O) groups excluding carboxylic acids is 2. The highest BCUT2D eigenvalue weighted by atomic mass is 32.2. The molecule has 5 rings (SSSR count). The molecule has 228 valence electrons. The van der Waals surface area contributed by atoms with E-state index in [0.717, 1.165) is 57.8 Å². The molecule has 0 spiro atoms. The van der Waals surface area contributed by atoms with Gasteiger partial charge in [-0.1, -0.05) is 57.4 Å². The number of amides is 2. The van der Waals surface area contributed by atoms with Gasteiger partial charge in [-0.05, 0) is 63.3 Å². The van der Waals surface area contributed by atoms with Crippen LogP contribution in [0.2, 0.25) is 0 Å². The van der Waals surface area contributed by atoms with Crippen LogP contribution in [0.4, 0.5) is 10.5 Å². The van der Waals surface area contributed by atoms with Crippen molar-refractivity contribution < 1.29 is 22.7 Å². The molecule has 2 aliphatic rings. The number of carbonyl (C=O) groups is 2. The standard InChI is InChI=1S/C30H38N4O5S.C2H6/c1-30(2,3)39-29(36)34-18-17-33-25-19-21(28(35)31-40(37,38)32(4)5)15-16-22(25)26(20-11-7-6-8-12-20)27(33)23-13-9-10-14-24(23)34;1-2/h9-10,13-16,19-20H,6-8,11-12,17-18H2,1-5H3,(H,31,35);1-2H3. The predicted molar refractivity (Wildman–Crippen MR) is 168 cm³/mol. The van der Waals surface area contributed by atoms with Crippen molar-refractivity contribution in [1.29, 1.82) is 0 Å². The third-order valence-electron chi connectivity index (χ3n) is 7.69. The fourth-order valence-electron chi connectivity index (χ4n) is 5.85. The Morgan fingerprint density at radius 3 is 2.29 bits per heavy atom. The zero-order chi connectivity index (χ0) is 30.8. The molecule has 0 bridgehead atoms. The summed E-state index contributed by atoms with van der Waals surface area (Å²) < 4.78 is 35.8. The van der Waals surface area contributed by atoms with Gasteiger partial charge in [-0.15, -0.1) is 0 Å². The first-order valence-corrected chi connectivity index (χ1v) is 16.3. The maximum absolute atomic E-state index is 13.4. The van der Waals surface area contributed by atoms with E-state index >= 15 is 0 Å². The van der Waals surface area contributed by atoms with Crippen LogP contribution in [0.15, 0.2) is 42.5 Å². The summed E-state index contributed by atoms with van der Waals surface area (Å²) in [6.07, 6.45) is 5.29. The Balaban J connectivity index is 0.00000198. The molecule has 0 unspecified atom stereocenters. The topological polar surface area (TPSA) is 101 Å². The number of aromatic nitrogens is 1. The highest BCUT2D eigenvalue weighted by molar-refractivity contribution is 7.87. The summed E-state index contributed by atoms with van der Waals surface area (Å²) in [6.45, 7) is 10.5. The molecular weight excluding hydrogens is 552 g/mol. The monoisotopic (exact) mass is 596 g/mol. The molecule has 1 aromatic heterocycles. The molecule has 0 radical (unpaired) electrons. The SMILES string of the molecule is CC.CN(C)S(=O)(=O)NC(=O)c1ccc2c(C3CCCCC3)c3n(c2c1)CCN(C(=O)OC(C)(C)C)c1ccccc1-3. The summed E-state index contributed by atoms with van der Waals surface area (Å²) in [7, 11) is -1.19. The van der Waals surface area contributed by atoms with E-state index in [4.69, 9.17) is 4.74 Å². The quantitative estimate of drug-likeness (QED) is 0.362. The number of ether oxygens (including phenoxy) is 1. The van der Waals surface area contributed by atoms with E-state index in [1.807, 2.05) is 65.0 Å². The lowest BCUT2D eigenvalue weighted by atomic mass is 9.81. The Bertz CT molecular complexity index is 1560. The smallest absolute Gasteiger partial charge is 0.414 e. The molecule has 42 heavy (non-hydrogen) atoms. The van der Waals surface area contributed by atoms with Crippen molar-refractivity contribution in [2.75, 3.05) is 25.5 Å². The molecule has 1 N–H and O–H groups in total. The van der Waals surface area contributed by atoms with Crippen molar-refractivity contribution in [2.45, 2.75) is 84.8 Å². The minimum absolute atomic E-state index is 0.259. The molecule has 0 saturated heterocycles. The van der Waals surface area contributed by atoms with Crippen molar-refractivity contribution in [3.05, 3.63) is 53.6 Å². The van der Waals surface area contributed by atoms with Gasteiger partial charge in [-0.3, -0.25) is 9.69 Å². The van der Waals surface area contributed by atoms with Crippen molar-refractivity contribution in [2.24, 2.45) is 0 Å². The summed E-state index contributed by atoms with van der Waals surface area (Å²) in [4.78, 5) is 28.1. The van der Waals surface area contributed by atoms with Crippen LogP contribution in [0.25, 0.3) is 22.2 Å². The van der Waals surface area contributed by atoms with Crippen LogP contribution >= 0.6 is 0 Å². The number of fused-ring (bicyclic) bond motifs is 5. The zero-order valence-corrected chi connectivity index (χ0v) is 26.7. The average Bonchev–Trinajstić information content (AvgIpc) is 3.16. The van der Waals surface area contributed by atoms with Crippen molar-refractivity contribution in [3.63, 3.8) is 0 Å². The molecule has 1 aliphatic heterocycles. The van der Waals surface area contributed by atoms with Gasteiger partial charge in [0.1, 0.15) is 5.60 Å². The number of para-hydroxylation sites is 1. The van der Waals surface area contributed by atoms with Gasteiger partial charge < -0.3 is 9.30 Å². The minimum atomic E-state index is -3.94. The summed E-state index contributed by atoms with van der Waals surface area (Å²) in [5.41, 5.74) is 4.52. The Kier molecular flexibility index (Phi) is 9.37. The van der Waals surface area contributed by atoms with E-state index in [2.05, 4.69) is 9.29 Å². The lowest BCUT2D eigenvalue weighted by Gasteiger charge is -2.28.